The van der Waals surface area contributed by atoms with E-state index in [1.165, 1.54) is 17.2 Å². The third kappa shape index (κ3) is 8.10. The molecule has 0 saturated heterocycles. The molecule has 14 nitrogen and oxygen atoms in total. The maximum atomic E-state index is 13.5. The molecule has 2 amide bonds. The number of ether oxygens (including phenoxy) is 2. The number of amides is 2. The molecule has 2 saturated carbocycles. The first kappa shape index (κ1) is 38.5. The summed E-state index contributed by atoms with van der Waals surface area (Å²) in [7, 11) is 0. The van der Waals surface area contributed by atoms with Gasteiger partial charge < -0.3 is 31.6 Å². The van der Waals surface area contributed by atoms with Gasteiger partial charge in [0.25, 0.3) is 11.8 Å². The number of anilines is 2. The molecule has 0 unspecified atom stereocenters. The number of hydrogen-bond acceptors (Lipinski definition) is 10. The maximum Gasteiger partial charge on any atom is 0.251 e. The lowest BCUT2D eigenvalue weighted by atomic mass is 10.1. The Morgan fingerprint density at radius 3 is 1.56 bits per heavy atom. The Morgan fingerprint density at radius 1 is 0.610 bits per heavy atom. The third-order valence-corrected chi connectivity index (χ3v) is 10.1. The standard InChI is InChI=1S/C22H20N4O4.C21H18F2N4O2/c1-12-2-3-14(22(28)25-15-5-6-15)8-16(12)26-10-24-19(21(26)23)20(27)13-4-7-17-18(9-13)30-11-29-17;1-11-2-3-12(21(29)26-16-4-5-16)8-17(11)27-10-25-18(20(27)24)19(28)13-6-14(22)9-15(23)7-13/h2-4,7-10,15H,5-6,11,23H2,1H3,(H,25,28);2-3,6-10,16H,4-5,24H2,1H3,(H,26,29). The van der Waals surface area contributed by atoms with Gasteiger partial charge in [-0.15, -0.1) is 0 Å². The average molecular weight is 801 g/mol. The number of carbonyl (C=O) groups excluding carboxylic acids is 4. The first-order valence-electron chi connectivity index (χ1n) is 18.8. The van der Waals surface area contributed by atoms with Gasteiger partial charge in [0.1, 0.15) is 35.9 Å². The minimum absolute atomic E-state index is 0.0162. The summed E-state index contributed by atoms with van der Waals surface area (Å²) in [6.45, 7) is 3.88. The van der Waals surface area contributed by atoms with E-state index in [2.05, 4.69) is 20.6 Å². The number of aromatic nitrogens is 4. The lowest BCUT2D eigenvalue weighted by Gasteiger charge is -2.12. The quantitative estimate of drug-likeness (QED) is 0.123. The molecule has 0 radical (unpaired) electrons. The number of hydrogen-bond donors (Lipinski definition) is 4. The summed E-state index contributed by atoms with van der Waals surface area (Å²) < 4.78 is 40.6. The van der Waals surface area contributed by atoms with Crippen molar-refractivity contribution in [1.82, 2.24) is 29.7 Å². The van der Waals surface area contributed by atoms with E-state index in [4.69, 9.17) is 20.9 Å². The second-order valence-corrected chi connectivity index (χ2v) is 14.6. The second-order valence-electron chi connectivity index (χ2n) is 14.6. The van der Waals surface area contributed by atoms with Crippen molar-refractivity contribution in [2.24, 2.45) is 0 Å². The lowest BCUT2D eigenvalue weighted by Crippen LogP contribution is -2.25. The van der Waals surface area contributed by atoms with E-state index in [0.717, 1.165) is 48.9 Å². The summed E-state index contributed by atoms with van der Waals surface area (Å²) in [5.74, 6) is -1.69. The number of aryl methyl sites for hydroxylation is 2. The van der Waals surface area contributed by atoms with Crippen molar-refractivity contribution in [2.75, 3.05) is 18.3 Å². The Kier molecular flexibility index (Phi) is 10.1. The van der Waals surface area contributed by atoms with Crippen LogP contribution >= 0.6 is 0 Å². The van der Waals surface area contributed by atoms with Crippen molar-refractivity contribution in [3.05, 3.63) is 142 Å². The Balaban J connectivity index is 0.000000164. The number of ketones is 2. The molecule has 9 rings (SSSR count). The van der Waals surface area contributed by atoms with Gasteiger partial charge in [-0.1, -0.05) is 12.1 Å². The summed E-state index contributed by atoms with van der Waals surface area (Å²) in [6.07, 6.45) is 6.84. The number of halogens is 2. The number of nitrogens with one attached hydrogen (secondary N) is 2. The summed E-state index contributed by atoms with van der Waals surface area (Å²) in [6, 6.07) is 18.6. The monoisotopic (exact) mass is 800 g/mol. The van der Waals surface area contributed by atoms with Crippen molar-refractivity contribution in [3.63, 3.8) is 0 Å². The van der Waals surface area contributed by atoms with Crippen molar-refractivity contribution in [3.8, 4) is 22.9 Å². The first-order chi connectivity index (χ1) is 28.3. The summed E-state index contributed by atoms with van der Waals surface area (Å²) >= 11 is 0. The molecule has 300 valence electrons. The summed E-state index contributed by atoms with van der Waals surface area (Å²) in [4.78, 5) is 58.7. The van der Waals surface area contributed by atoms with E-state index >= 15 is 0 Å². The van der Waals surface area contributed by atoms with E-state index in [-0.39, 0.29) is 65.1 Å². The van der Waals surface area contributed by atoms with Crippen LogP contribution in [0.1, 0.15) is 89.6 Å². The lowest BCUT2D eigenvalue weighted by molar-refractivity contribution is 0.0942. The normalized spacial score (nSPS) is 14.0. The maximum absolute atomic E-state index is 13.5. The summed E-state index contributed by atoms with van der Waals surface area (Å²) in [5, 5.41) is 5.90. The van der Waals surface area contributed by atoms with Crippen molar-refractivity contribution in [2.45, 2.75) is 51.6 Å². The van der Waals surface area contributed by atoms with Gasteiger partial charge in [0.2, 0.25) is 18.4 Å². The highest BCUT2D eigenvalue weighted by Crippen LogP contribution is 2.34. The molecule has 2 aromatic heterocycles. The Morgan fingerprint density at radius 2 is 1.07 bits per heavy atom. The number of carbonyl (C=O) groups is 4. The fraction of sp³-hybridized carbons (Fsp3) is 0.209. The average Bonchev–Trinajstić information content (AvgIpc) is 4.09. The van der Waals surface area contributed by atoms with E-state index in [9.17, 15) is 28.0 Å². The predicted octanol–water partition coefficient (Wildman–Crippen LogP) is 5.78. The molecule has 0 spiro atoms. The molecule has 6 aromatic rings. The molecule has 1 aliphatic heterocycles. The van der Waals surface area contributed by atoms with Gasteiger partial charge in [0.15, 0.2) is 22.9 Å². The SMILES string of the molecule is Cc1ccc(C(=O)NC2CC2)cc1-n1cnc(C(=O)c2cc(F)cc(F)c2)c1N.Cc1ccc(C(=O)NC2CC2)cc1-n1cnc(C(=O)c2ccc3c(c2)OCO3)c1N. The fourth-order valence-electron chi connectivity index (χ4n) is 6.46. The molecule has 3 aliphatic rings. The van der Waals surface area contributed by atoms with Gasteiger partial charge in [-0.25, -0.2) is 18.7 Å². The van der Waals surface area contributed by atoms with E-state index in [0.29, 0.717) is 45.6 Å². The van der Waals surface area contributed by atoms with Crippen molar-refractivity contribution >= 4 is 35.0 Å². The first-order valence-corrected chi connectivity index (χ1v) is 18.8. The highest BCUT2D eigenvalue weighted by atomic mass is 19.1. The number of nitrogen functional groups attached to an aromatic ring is 2. The van der Waals surface area contributed by atoms with Gasteiger partial charge in [-0.05, 0) is 105 Å². The largest absolute Gasteiger partial charge is 0.454 e. The highest BCUT2D eigenvalue weighted by molar-refractivity contribution is 6.11. The zero-order valence-electron chi connectivity index (χ0n) is 31.9. The van der Waals surface area contributed by atoms with Crippen LogP contribution in [0.5, 0.6) is 11.5 Å². The van der Waals surface area contributed by atoms with Crippen LogP contribution in [-0.4, -0.2) is 61.4 Å². The number of imidazole rings is 2. The molecular formula is C43H38F2N8O6. The van der Waals surface area contributed by atoms with E-state index < -0.39 is 17.4 Å². The molecule has 0 bridgehead atoms. The number of rotatable bonds is 10. The number of nitrogens with zero attached hydrogens (tertiary/aromatic N) is 4. The molecule has 2 fully saturated rings. The number of benzene rings is 4. The van der Waals surface area contributed by atoms with Gasteiger partial charge in [0, 0.05) is 40.4 Å². The zero-order valence-corrected chi connectivity index (χ0v) is 31.9. The molecule has 16 heteroatoms. The molecule has 2 aliphatic carbocycles. The molecule has 6 N–H and O–H groups in total. The Labute approximate surface area is 336 Å². The molecule has 0 atom stereocenters. The number of fused-ring (bicyclic) bond motifs is 1. The minimum Gasteiger partial charge on any atom is -0.454 e. The minimum atomic E-state index is -0.864. The van der Waals surface area contributed by atoms with Crippen molar-refractivity contribution in [1.29, 1.82) is 0 Å². The van der Waals surface area contributed by atoms with Crippen LogP contribution in [0.3, 0.4) is 0 Å². The van der Waals surface area contributed by atoms with Crippen LogP contribution in [-0.2, 0) is 0 Å². The van der Waals surface area contributed by atoms with Crippen LogP contribution in [0, 0.1) is 25.5 Å². The van der Waals surface area contributed by atoms with Gasteiger partial charge in [0.05, 0.1) is 11.4 Å². The van der Waals surface area contributed by atoms with E-state index in [1.807, 2.05) is 19.9 Å². The van der Waals surface area contributed by atoms with Crippen LogP contribution in [0.2, 0.25) is 0 Å². The van der Waals surface area contributed by atoms with Crippen molar-refractivity contribution < 1.29 is 37.4 Å². The third-order valence-electron chi connectivity index (χ3n) is 10.1. The van der Waals surface area contributed by atoms with Gasteiger partial charge >= 0.3 is 0 Å². The molecular weight excluding hydrogens is 763 g/mol. The highest BCUT2D eigenvalue weighted by Gasteiger charge is 2.27. The predicted molar refractivity (Wildman–Crippen MR) is 212 cm³/mol. The van der Waals surface area contributed by atoms with Crippen LogP contribution in [0.15, 0.2) is 85.5 Å². The molecule has 3 heterocycles. The Bertz CT molecular complexity index is 2660. The Hall–Kier alpha value is -7.36. The van der Waals surface area contributed by atoms with E-state index in [1.54, 1.807) is 53.1 Å². The topological polar surface area (TPSA) is 198 Å². The van der Waals surface area contributed by atoms with Gasteiger partial charge in [-0.2, -0.15) is 0 Å². The fourth-order valence-corrected chi connectivity index (χ4v) is 6.46. The summed E-state index contributed by atoms with van der Waals surface area (Å²) in [5.41, 5.74) is 16.7. The second kappa shape index (κ2) is 15.5. The smallest absolute Gasteiger partial charge is 0.251 e. The number of nitrogens with two attached hydrogens (primary N) is 2. The zero-order chi connectivity index (χ0) is 41.5. The van der Waals surface area contributed by atoms with Gasteiger partial charge in [-0.3, -0.25) is 28.3 Å². The van der Waals surface area contributed by atoms with Crippen LogP contribution < -0.4 is 31.6 Å². The molecule has 59 heavy (non-hydrogen) atoms. The van der Waals surface area contributed by atoms with Crippen LogP contribution in [0.25, 0.3) is 11.4 Å². The molecule has 4 aromatic carbocycles. The van der Waals surface area contributed by atoms with Crippen LogP contribution in [0.4, 0.5) is 20.4 Å².